The number of rotatable bonds is 9. The van der Waals surface area contributed by atoms with Crippen molar-refractivity contribution in [3.05, 3.63) is 24.3 Å². The Labute approximate surface area is 120 Å². The Kier molecular flexibility index (Phi) is 6.78. The number of methoxy groups -OCH3 is 2. The Bertz CT molecular complexity index is 378. The largest absolute Gasteiger partial charge is 0.497 e. The van der Waals surface area contributed by atoms with Crippen LogP contribution in [-0.4, -0.2) is 50.7 Å². The van der Waals surface area contributed by atoms with Gasteiger partial charge in [-0.1, -0.05) is 0 Å². The van der Waals surface area contributed by atoms with Crippen molar-refractivity contribution in [1.29, 1.82) is 0 Å². The van der Waals surface area contributed by atoms with Crippen LogP contribution in [0.3, 0.4) is 0 Å². The van der Waals surface area contributed by atoms with E-state index < -0.39 is 6.10 Å². The molecule has 0 aromatic heterocycles. The molecule has 5 nitrogen and oxygen atoms in total. The molecule has 1 atom stereocenters. The Balaban J connectivity index is 2.23. The molecule has 2 N–H and O–H groups in total. The molecule has 1 aromatic carbocycles. The zero-order valence-electron chi connectivity index (χ0n) is 12.7. The third kappa shape index (κ3) is 6.23. The highest BCUT2D eigenvalue weighted by molar-refractivity contribution is 5.31. The summed E-state index contributed by atoms with van der Waals surface area (Å²) < 4.78 is 15.8. The second-order valence-electron chi connectivity index (χ2n) is 5.24. The van der Waals surface area contributed by atoms with E-state index in [1.54, 1.807) is 14.2 Å². The van der Waals surface area contributed by atoms with Gasteiger partial charge in [-0.25, -0.2) is 0 Å². The molecule has 0 aliphatic heterocycles. The number of hydrogen-bond donors (Lipinski definition) is 2. The van der Waals surface area contributed by atoms with Crippen LogP contribution in [0.1, 0.15) is 13.8 Å². The maximum Gasteiger partial charge on any atom is 0.119 e. The normalized spacial score (nSPS) is 13.1. The summed E-state index contributed by atoms with van der Waals surface area (Å²) in [5.74, 6) is 1.49. The molecule has 0 radical (unpaired) electrons. The fraction of sp³-hybridized carbons (Fsp3) is 0.600. The third-order valence-corrected chi connectivity index (χ3v) is 2.99. The predicted octanol–water partition coefficient (Wildman–Crippen LogP) is 1.45. The molecule has 0 saturated heterocycles. The molecule has 1 aromatic rings. The van der Waals surface area contributed by atoms with Crippen LogP contribution in [0.2, 0.25) is 0 Å². The smallest absolute Gasteiger partial charge is 0.119 e. The number of aliphatic hydroxyl groups is 1. The summed E-state index contributed by atoms with van der Waals surface area (Å²) in [5, 5.41) is 13.0. The van der Waals surface area contributed by atoms with Crippen LogP contribution in [0, 0.1) is 0 Å². The molecule has 0 saturated carbocycles. The van der Waals surface area contributed by atoms with E-state index in [2.05, 4.69) is 5.32 Å². The maximum atomic E-state index is 9.83. The fourth-order valence-electron chi connectivity index (χ4n) is 1.54. The molecule has 0 aliphatic carbocycles. The van der Waals surface area contributed by atoms with Gasteiger partial charge in [-0.2, -0.15) is 0 Å². The summed E-state index contributed by atoms with van der Waals surface area (Å²) in [6, 6.07) is 7.27. The van der Waals surface area contributed by atoms with Crippen LogP contribution >= 0.6 is 0 Å². The van der Waals surface area contributed by atoms with Crippen LogP contribution in [-0.2, 0) is 4.74 Å². The molecule has 0 spiro atoms. The molecule has 1 rings (SSSR count). The molecule has 0 fully saturated rings. The van der Waals surface area contributed by atoms with Crippen molar-refractivity contribution in [3.8, 4) is 11.5 Å². The Morgan fingerprint density at radius 3 is 2.30 bits per heavy atom. The molecule has 0 bridgehead atoms. The number of hydrogen-bond acceptors (Lipinski definition) is 5. The van der Waals surface area contributed by atoms with Gasteiger partial charge in [0.25, 0.3) is 0 Å². The topological polar surface area (TPSA) is 60.0 Å². The summed E-state index contributed by atoms with van der Waals surface area (Å²) in [6.45, 7) is 5.35. The first-order chi connectivity index (χ1) is 9.46. The molecule has 114 valence electrons. The number of ether oxygens (including phenoxy) is 3. The van der Waals surface area contributed by atoms with Crippen molar-refractivity contribution in [2.75, 3.05) is 33.9 Å². The zero-order valence-corrected chi connectivity index (χ0v) is 12.7. The first-order valence-corrected chi connectivity index (χ1v) is 6.67. The van der Waals surface area contributed by atoms with Gasteiger partial charge in [-0.05, 0) is 38.1 Å². The van der Waals surface area contributed by atoms with Crippen LogP contribution < -0.4 is 14.8 Å². The zero-order chi connectivity index (χ0) is 15.0. The molecular formula is C15H25NO4. The van der Waals surface area contributed by atoms with Crippen molar-refractivity contribution < 1.29 is 19.3 Å². The number of aliphatic hydroxyl groups excluding tert-OH is 1. The predicted molar refractivity (Wildman–Crippen MR) is 78.5 cm³/mol. The molecular weight excluding hydrogens is 258 g/mol. The SMILES string of the molecule is COc1ccc(OCC(O)CNCC(C)(C)OC)cc1. The minimum atomic E-state index is -0.565. The van der Waals surface area contributed by atoms with Crippen LogP contribution in [0.5, 0.6) is 11.5 Å². The van der Waals surface area contributed by atoms with Crippen molar-refractivity contribution in [2.45, 2.75) is 25.6 Å². The Morgan fingerprint density at radius 2 is 1.75 bits per heavy atom. The molecule has 0 heterocycles. The lowest BCUT2D eigenvalue weighted by molar-refractivity contribution is 0.0191. The Hall–Kier alpha value is -1.30. The maximum absolute atomic E-state index is 9.83. The van der Waals surface area contributed by atoms with Crippen molar-refractivity contribution in [3.63, 3.8) is 0 Å². The van der Waals surface area contributed by atoms with Gasteiger partial charge in [-0.15, -0.1) is 0 Å². The van der Waals surface area contributed by atoms with E-state index in [-0.39, 0.29) is 12.2 Å². The van der Waals surface area contributed by atoms with Crippen molar-refractivity contribution in [2.24, 2.45) is 0 Å². The molecule has 5 heteroatoms. The average molecular weight is 283 g/mol. The fourth-order valence-corrected chi connectivity index (χ4v) is 1.54. The monoisotopic (exact) mass is 283 g/mol. The highest BCUT2D eigenvalue weighted by Gasteiger charge is 2.16. The standard InChI is InChI=1S/C15H25NO4/c1-15(2,19-4)11-16-9-12(17)10-20-14-7-5-13(18-3)6-8-14/h5-8,12,16-17H,9-11H2,1-4H3. The summed E-state index contributed by atoms with van der Waals surface area (Å²) in [7, 11) is 3.29. The summed E-state index contributed by atoms with van der Waals surface area (Å²) >= 11 is 0. The van der Waals surface area contributed by atoms with Crippen LogP contribution in [0.4, 0.5) is 0 Å². The average Bonchev–Trinajstić information content (AvgIpc) is 2.45. The summed E-state index contributed by atoms with van der Waals surface area (Å²) in [6.07, 6.45) is -0.565. The number of benzene rings is 1. The van der Waals surface area contributed by atoms with E-state index in [9.17, 15) is 5.11 Å². The van der Waals surface area contributed by atoms with Gasteiger partial charge in [0.15, 0.2) is 0 Å². The van der Waals surface area contributed by atoms with Gasteiger partial charge in [-0.3, -0.25) is 0 Å². The lowest BCUT2D eigenvalue weighted by Gasteiger charge is -2.24. The molecule has 1 unspecified atom stereocenters. The van der Waals surface area contributed by atoms with Gasteiger partial charge < -0.3 is 24.6 Å². The molecule has 0 aliphatic rings. The molecule has 0 amide bonds. The minimum absolute atomic E-state index is 0.240. The highest BCUT2D eigenvalue weighted by atomic mass is 16.5. The van der Waals surface area contributed by atoms with E-state index in [1.807, 2.05) is 38.1 Å². The molecule has 20 heavy (non-hydrogen) atoms. The van der Waals surface area contributed by atoms with E-state index in [0.29, 0.717) is 18.8 Å². The van der Waals surface area contributed by atoms with Crippen molar-refractivity contribution >= 4 is 0 Å². The second kappa shape index (κ2) is 8.09. The van der Waals surface area contributed by atoms with Gasteiger partial charge >= 0.3 is 0 Å². The van der Waals surface area contributed by atoms with Crippen LogP contribution in [0.25, 0.3) is 0 Å². The van der Waals surface area contributed by atoms with Crippen LogP contribution in [0.15, 0.2) is 24.3 Å². The first-order valence-electron chi connectivity index (χ1n) is 6.67. The lowest BCUT2D eigenvalue weighted by Crippen LogP contribution is -2.41. The van der Waals surface area contributed by atoms with Gasteiger partial charge in [0.2, 0.25) is 0 Å². The van der Waals surface area contributed by atoms with E-state index >= 15 is 0 Å². The third-order valence-electron chi connectivity index (χ3n) is 2.99. The Morgan fingerprint density at radius 1 is 1.15 bits per heavy atom. The lowest BCUT2D eigenvalue weighted by atomic mass is 10.1. The van der Waals surface area contributed by atoms with Crippen molar-refractivity contribution in [1.82, 2.24) is 5.32 Å². The summed E-state index contributed by atoms with van der Waals surface area (Å²) in [4.78, 5) is 0. The quantitative estimate of drug-likeness (QED) is 0.718. The van der Waals surface area contributed by atoms with Gasteiger partial charge in [0.05, 0.1) is 12.7 Å². The van der Waals surface area contributed by atoms with E-state index in [1.165, 1.54) is 0 Å². The minimum Gasteiger partial charge on any atom is -0.497 e. The highest BCUT2D eigenvalue weighted by Crippen LogP contribution is 2.17. The van der Waals surface area contributed by atoms with E-state index in [0.717, 1.165) is 5.75 Å². The second-order valence-corrected chi connectivity index (χ2v) is 5.24. The van der Waals surface area contributed by atoms with E-state index in [4.69, 9.17) is 14.2 Å². The number of nitrogens with one attached hydrogen (secondary N) is 1. The first kappa shape index (κ1) is 16.8. The van der Waals surface area contributed by atoms with Gasteiger partial charge in [0.1, 0.15) is 24.2 Å². The summed E-state index contributed by atoms with van der Waals surface area (Å²) in [5.41, 5.74) is -0.240. The van der Waals surface area contributed by atoms with Gasteiger partial charge in [0, 0.05) is 20.2 Å².